The van der Waals surface area contributed by atoms with Gasteiger partial charge in [0.15, 0.2) is 8.30 Å². The van der Waals surface area contributed by atoms with Crippen LogP contribution in [0.4, 0.5) is 0 Å². The molecule has 148 valence electrons. The maximum atomic E-state index is 12.8. The largest absolute Gasteiger partial charge is 0.458 e. The van der Waals surface area contributed by atoms with Crippen LogP contribution in [0.5, 0.6) is 5.75 Å². The Bertz CT molecular complexity index is 757. The molecule has 2 aromatic rings. The fourth-order valence-corrected chi connectivity index (χ4v) is 5.00. The molecule has 2 aromatic carbocycles. The van der Waals surface area contributed by atoms with Gasteiger partial charge in [-0.05, 0) is 43.9 Å². The monoisotopic (exact) mass is 398 g/mol. The van der Waals surface area contributed by atoms with Crippen molar-refractivity contribution in [2.45, 2.75) is 38.3 Å². The van der Waals surface area contributed by atoms with Crippen LogP contribution in [0.15, 0.2) is 60.7 Å². The highest BCUT2D eigenvalue weighted by Crippen LogP contribution is 2.35. The van der Waals surface area contributed by atoms with Crippen molar-refractivity contribution in [2.24, 2.45) is 0 Å². The Hall–Kier alpha value is -2.23. The van der Waals surface area contributed by atoms with Gasteiger partial charge in [-0.15, -0.1) is 0 Å². The van der Waals surface area contributed by atoms with E-state index >= 15 is 0 Å². The Morgan fingerprint density at radius 1 is 1.21 bits per heavy atom. The summed E-state index contributed by atoms with van der Waals surface area (Å²) in [5, 5.41) is 3.39. The number of benzene rings is 2. The van der Waals surface area contributed by atoms with E-state index in [-0.39, 0.29) is 11.9 Å². The van der Waals surface area contributed by atoms with Gasteiger partial charge in [-0.1, -0.05) is 48.5 Å². The van der Waals surface area contributed by atoms with Crippen LogP contribution >= 0.6 is 8.30 Å². The highest BCUT2D eigenvalue weighted by Gasteiger charge is 2.32. The number of aldehydes is 1. The van der Waals surface area contributed by atoms with E-state index in [1.54, 1.807) is 4.90 Å². The van der Waals surface area contributed by atoms with Crippen LogP contribution in [0, 0.1) is 0 Å². The molecule has 28 heavy (non-hydrogen) atoms. The molecular weight excluding hydrogens is 371 g/mol. The molecule has 0 aromatic heterocycles. The summed E-state index contributed by atoms with van der Waals surface area (Å²) in [6.07, 6.45) is 4.18. The lowest BCUT2D eigenvalue weighted by Gasteiger charge is -2.28. The van der Waals surface area contributed by atoms with E-state index in [1.807, 2.05) is 55.5 Å². The highest BCUT2D eigenvalue weighted by molar-refractivity contribution is 7.50. The quantitative estimate of drug-likeness (QED) is 0.516. The number of para-hydroxylation sites is 1. The summed E-state index contributed by atoms with van der Waals surface area (Å²) in [6.45, 7) is 2.50. The van der Waals surface area contributed by atoms with Gasteiger partial charge in [0.2, 0.25) is 5.91 Å². The van der Waals surface area contributed by atoms with Gasteiger partial charge < -0.3 is 14.2 Å². The summed E-state index contributed by atoms with van der Waals surface area (Å²) in [7, 11) is -1.05. The van der Waals surface area contributed by atoms with Crippen LogP contribution in [-0.2, 0) is 16.0 Å². The number of amides is 1. The second-order valence-electron chi connectivity index (χ2n) is 6.97. The Morgan fingerprint density at radius 2 is 1.89 bits per heavy atom. The molecule has 1 aliphatic heterocycles. The molecule has 0 bridgehead atoms. The minimum Gasteiger partial charge on any atom is -0.458 e. The van der Waals surface area contributed by atoms with Crippen molar-refractivity contribution in [3.05, 3.63) is 66.2 Å². The maximum absolute atomic E-state index is 12.8. The minimum absolute atomic E-state index is 0.0292. The first kappa shape index (κ1) is 20.5. The molecule has 5 nitrogen and oxygen atoms in total. The predicted octanol–water partition coefficient (Wildman–Crippen LogP) is 3.79. The van der Waals surface area contributed by atoms with Crippen molar-refractivity contribution in [1.82, 2.24) is 9.99 Å². The lowest BCUT2D eigenvalue weighted by atomic mass is 10.2. The third-order valence-corrected chi connectivity index (χ3v) is 6.59. The van der Waals surface area contributed by atoms with Crippen LogP contribution in [0.2, 0.25) is 0 Å². The molecule has 3 atom stereocenters. The lowest BCUT2D eigenvalue weighted by molar-refractivity contribution is -0.135. The summed E-state index contributed by atoms with van der Waals surface area (Å²) >= 11 is 0. The molecule has 6 heteroatoms. The summed E-state index contributed by atoms with van der Waals surface area (Å²) < 4.78 is 6.19. The van der Waals surface area contributed by atoms with Crippen LogP contribution in [0.1, 0.15) is 25.3 Å². The summed E-state index contributed by atoms with van der Waals surface area (Å²) in [5.41, 5.74) is 1.24. The molecule has 0 saturated carbocycles. The average molecular weight is 398 g/mol. The summed E-state index contributed by atoms with van der Waals surface area (Å²) in [5.74, 6) is 0.763. The van der Waals surface area contributed by atoms with Gasteiger partial charge >= 0.3 is 0 Å². The number of rotatable bonds is 9. The average Bonchev–Trinajstić information content (AvgIpc) is 3.21. The summed E-state index contributed by atoms with van der Waals surface area (Å²) in [4.78, 5) is 25.8. The van der Waals surface area contributed by atoms with Crippen molar-refractivity contribution < 1.29 is 14.1 Å². The number of aryl methyl sites for hydroxylation is 1. The number of likely N-dealkylation sites (tertiary alicyclic amines) is 1. The molecule has 1 amide bonds. The zero-order chi connectivity index (χ0) is 19.8. The van der Waals surface area contributed by atoms with Gasteiger partial charge in [0, 0.05) is 12.7 Å². The molecule has 1 saturated heterocycles. The SMILES string of the molecule is CC(NP(CCc1ccccc1)Oc1ccccc1)C(=O)N1CCCC1C=O. The molecule has 0 radical (unpaired) electrons. The third kappa shape index (κ3) is 5.63. The van der Waals surface area contributed by atoms with Gasteiger partial charge in [0.1, 0.15) is 12.0 Å². The second-order valence-corrected chi connectivity index (χ2v) is 8.62. The van der Waals surface area contributed by atoms with Crippen molar-refractivity contribution in [3.8, 4) is 5.75 Å². The fourth-order valence-electron chi connectivity index (χ4n) is 3.35. The molecule has 3 rings (SSSR count). The molecular formula is C22H27N2O3P. The van der Waals surface area contributed by atoms with Gasteiger partial charge in [0.25, 0.3) is 0 Å². The zero-order valence-electron chi connectivity index (χ0n) is 16.2. The van der Waals surface area contributed by atoms with E-state index in [2.05, 4.69) is 17.2 Å². The Morgan fingerprint density at radius 3 is 2.57 bits per heavy atom. The van der Waals surface area contributed by atoms with Crippen LogP contribution in [0.3, 0.4) is 0 Å². The highest BCUT2D eigenvalue weighted by atomic mass is 31.2. The maximum Gasteiger partial charge on any atom is 0.240 e. The Kier molecular flexibility index (Phi) is 7.58. The molecule has 0 spiro atoms. The van der Waals surface area contributed by atoms with Crippen molar-refractivity contribution in [1.29, 1.82) is 0 Å². The van der Waals surface area contributed by atoms with Gasteiger partial charge in [-0.2, -0.15) is 0 Å². The lowest BCUT2D eigenvalue weighted by Crippen LogP contribution is -2.46. The van der Waals surface area contributed by atoms with Crippen molar-refractivity contribution >= 4 is 20.5 Å². The minimum atomic E-state index is -1.05. The summed E-state index contributed by atoms with van der Waals surface area (Å²) in [6, 6.07) is 19.3. The Balaban J connectivity index is 1.65. The first-order valence-electron chi connectivity index (χ1n) is 9.74. The number of hydrogen-bond acceptors (Lipinski definition) is 4. The molecule has 1 fully saturated rings. The van der Waals surface area contributed by atoms with E-state index in [0.29, 0.717) is 6.54 Å². The van der Waals surface area contributed by atoms with Gasteiger partial charge in [0.05, 0.1) is 12.1 Å². The van der Waals surface area contributed by atoms with Crippen molar-refractivity contribution in [3.63, 3.8) is 0 Å². The van der Waals surface area contributed by atoms with E-state index in [9.17, 15) is 9.59 Å². The first-order chi connectivity index (χ1) is 13.7. The smallest absolute Gasteiger partial charge is 0.240 e. The molecule has 1 aliphatic rings. The van der Waals surface area contributed by atoms with E-state index < -0.39 is 14.3 Å². The van der Waals surface area contributed by atoms with Gasteiger partial charge in [-0.3, -0.25) is 9.88 Å². The molecule has 1 heterocycles. The molecule has 0 aliphatic carbocycles. The molecule has 1 N–H and O–H groups in total. The fraction of sp³-hybridized carbons (Fsp3) is 0.364. The molecule has 3 unspecified atom stereocenters. The zero-order valence-corrected chi connectivity index (χ0v) is 17.1. The van der Waals surface area contributed by atoms with E-state index in [0.717, 1.165) is 37.5 Å². The van der Waals surface area contributed by atoms with Crippen LogP contribution in [0.25, 0.3) is 0 Å². The van der Waals surface area contributed by atoms with Crippen molar-refractivity contribution in [2.75, 3.05) is 12.7 Å². The number of hydrogen-bond donors (Lipinski definition) is 1. The number of nitrogens with zero attached hydrogens (tertiary/aromatic N) is 1. The predicted molar refractivity (Wildman–Crippen MR) is 112 cm³/mol. The van der Waals surface area contributed by atoms with Crippen LogP contribution in [-0.4, -0.2) is 41.9 Å². The first-order valence-corrected chi connectivity index (χ1v) is 11.2. The second kappa shape index (κ2) is 10.4. The van der Waals surface area contributed by atoms with E-state index in [1.165, 1.54) is 5.56 Å². The Labute approximate surface area is 168 Å². The topological polar surface area (TPSA) is 58.6 Å². The third-order valence-electron chi connectivity index (χ3n) is 4.85. The normalized spacial score (nSPS) is 18.5. The number of nitrogens with one attached hydrogen (secondary N) is 1. The standard InChI is InChI=1S/C22H27N2O3P/c1-18(22(26)24-15-8-11-20(24)17-25)23-28(27-21-12-6-3-7-13-21)16-14-19-9-4-2-5-10-19/h2-7,9-10,12-13,17-18,20,23H,8,11,14-16H2,1H3. The van der Waals surface area contributed by atoms with E-state index in [4.69, 9.17) is 4.52 Å². The van der Waals surface area contributed by atoms with Crippen LogP contribution < -0.4 is 9.61 Å². The van der Waals surface area contributed by atoms with Gasteiger partial charge in [-0.25, -0.2) is 0 Å². The number of carbonyl (C=O) groups excluding carboxylic acids is 2. The number of carbonyl (C=O) groups is 2.